The fourth-order valence-corrected chi connectivity index (χ4v) is 2.58. The van der Waals surface area contributed by atoms with Gasteiger partial charge in [0, 0.05) is 28.8 Å². The van der Waals surface area contributed by atoms with Crippen molar-refractivity contribution >= 4 is 21.7 Å². The van der Waals surface area contributed by atoms with Crippen molar-refractivity contribution in [2.75, 3.05) is 12.4 Å². The average Bonchev–Trinajstić information content (AvgIpc) is 2.43. The van der Waals surface area contributed by atoms with Gasteiger partial charge in [-0.3, -0.25) is 0 Å². The molecule has 0 unspecified atom stereocenters. The van der Waals surface area contributed by atoms with Gasteiger partial charge in [-0.2, -0.15) is 0 Å². The Morgan fingerprint density at radius 2 is 1.71 bits per heavy atom. The van der Waals surface area contributed by atoms with Gasteiger partial charge in [-0.1, -0.05) is 29.8 Å². The summed E-state index contributed by atoms with van der Waals surface area (Å²) in [6, 6.07) is 6.29. The van der Waals surface area contributed by atoms with Crippen LogP contribution in [0, 0.1) is 19.8 Å². The molecule has 112 valence electrons. The summed E-state index contributed by atoms with van der Waals surface area (Å²) in [5, 5.41) is 3.13. The maximum Gasteiger partial charge on any atom is 0.161 e. The zero-order valence-corrected chi connectivity index (χ0v) is 14.9. The molecule has 0 aliphatic carbocycles. The van der Waals surface area contributed by atoms with E-state index in [-0.39, 0.29) is 0 Å². The van der Waals surface area contributed by atoms with Crippen LogP contribution in [0.1, 0.15) is 30.7 Å². The van der Waals surface area contributed by atoms with Gasteiger partial charge in [-0.05, 0) is 49.4 Å². The van der Waals surface area contributed by atoms with Crippen molar-refractivity contribution in [3.8, 4) is 11.4 Å². The van der Waals surface area contributed by atoms with E-state index in [1.54, 1.807) is 0 Å². The van der Waals surface area contributed by atoms with E-state index in [4.69, 9.17) is 4.98 Å². The van der Waals surface area contributed by atoms with E-state index in [2.05, 4.69) is 66.1 Å². The molecule has 0 atom stereocenters. The number of hydrogen-bond donors (Lipinski definition) is 1. The molecular weight excluding hydrogens is 326 g/mol. The highest BCUT2D eigenvalue weighted by Crippen LogP contribution is 2.27. The Hall–Kier alpha value is -1.42. The smallest absolute Gasteiger partial charge is 0.161 e. The van der Waals surface area contributed by atoms with Crippen LogP contribution < -0.4 is 5.32 Å². The van der Waals surface area contributed by atoms with Gasteiger partial charge in [-0.15, -0.1) is 0 Å². The van der Waals surface area contributed by atoms with Crippen LogP contribution in [0.3, 0.4) is 0 Å². The SMILES string of the molecule is CNc1cc(CC(C)C)nc(-c2cc(C)c(Br)c(C)c2)n1. The van der Waals surface area contributed by atoms with Gasteiger partial charge in [0.15, 0.2) is 5.82 Å². The molecule has 21 heavy (non-hydrogen) atoms. The summed E-state index contributed by atoms with van der Waals surface area (Å²) >= 11 is 3.61. The van der Waals surface area contributed by atoms with E-state index < -0.39 is 0 Å². The van der Waals surface area contributed by atoms with Gasteiger partial charge >= 0.3 is 0 Å². The fraction of sp³-hybridized carbons (Fsp3) is 0.412. The van der Waals surface area contributed by atoms with E-state index in [9.17, 15) is 0 Å². The monoisotopic (exact) mass is 347 g/mol. The Morgan fingerprint density at radius 3 is 2.24 bits per heavy atom. The predicted molar refractivity (Wildman–Crippen MR) is 92.7 cm³/mol. The predicted octanol–water partition coefficient (Wildman–Crippen LogP) is 4.76. The van der Waals surface area contributed by atoms with Gasteiger partial charge in [0.1, 0.15) is 5.82 Å². The highest BCUT2D eigenvalue weighted by Gasteiger charge is 2.10. The lowest BCUT2D eigenvalue weighted by molar-refractivity contribution is 0.635. The summed E-state index contributed by atoms with van der Waals surface area (Å²) in [7, 11) is 1.89. The third kappa shape index (κ3) is 3.82. The van der Waals surface area contributed by atoms with Crippen molar-refractivity contribution in [1.82, 2.24) is 9.97 Å². The van der Waals surface area contributed by atoms with Crippen LogP contribution >= 0.6 is 15.9 Å². The second-order valence-electron chi connectivity index (χ2n) is 5.84. The molecule has 2 aromatic rings. The summed E-state index contributed by atoms with van der Waals surface area (Å²) in [4.78, 5) is 9.34. The molecule has 0 fully saturated rings. The highest BCUT2D eigenvalue weighted by atomic mass is 79.9. The Kier molecular flexibility index (Phi) is 4.99. The van der Waals surface area contributed by atoms with Gasteiger partial charge in [0.05, 0.1) is 0 Å². The van der Waals surface area contributed by atoms with Gasteiger partial charge < -0.3 is 5.32 Å². The highest BCUT2D eigenvalue weighted by molar-refractivity contribution is 9.10. The first-order chi connectivity index (χ1) is 9.90. The van der Waals surface area contributed by atoms with Crippen LogP contribution in [0.5, 0.6) is 0 Å². The van der Waals surface area contributed by atoms with E-state index in [1.165, 1.54) is 11.1 Å². The molecule has 0 bridgehead atoms. The first kappa shape index (κ1) is 16.0. The van der Waals surface area contributed by atoms with Crippen molar-refractivity contribution < 1.29 is 0 Å². The maximum absolute atomic E-state index is 4.74. The zero-order chi connectivity index (χ0) is 15.6. The zero-order valence-electron chi connectivity index (χ0n) is 13.3. The Bertz CT molecular complexity index is 627. The summed E-state index contributed by atoms with van der Waals surface area (Å²) < 4.78 is 1.15. The lowest BCUT2D eigenvalue weighted by Gasteiger charge is -2.11. The Morgan fingerprint density at radius 1 is 1.10 bits per heavy atom. The number of aromatic nitrogens is 2. The second kappa shape index (κ2) is 6.56. The average molecular weight is 348 g/mol. The molecular formula is C17H22BrN3. The largest absolute Gasteiger partial charge is 0.373 e. The van der Waals surface area contributed by atoms with Crippen molar-refractivity contribution in [3.05, 3.63) is 39.5 Å². The number of halogens is 1. The lowest BCUT2D eigenvalue weighted by Crippen LogP contribution is -2.04. The molecule has 0 radical (unpaired) electrons. The first-order valence-electron chi connectivity index (χ1n) is 7.23. The minimum Gasteiger partial charge on any atom is -0.373 e. The number of rotatable bonds is 4. The first-order valence-corrected chi connectivity index (χ1v) is 8.02. The summed E-state index contributed by atoms with van der Waals surface area (Å²) in [5.74, 6) is 2.23. The molecule has 2 rings (SSSR count). The van der Waals surface area contributed by atoms with E-state index in [1.807, 2.05) is 13.1 Å². The molecule has 0 saturated carbocycles. The minimum absolute atomic E-state index is 0.575. The number of nitrogens with one attached hydrogen (secondary N) is 1. The lowest BCUT2D eigenvalue weighted by atomic mass is 10.1. The van der Waals surface area contributed by atoms with Gasteiger partial charge in [0.2, 0.25) is 0 Å². The quantitative estimate of drug-likeness (QED) is 0.865. The molecule has 1 aromatic heterocycles. The van der Waals surface area contributed by atoms with Crippen molar-refractivity contribution in [1.29, 1.82) is 0 Å². The molecule has 1 heterocycles. The van der Waals surface area contributed by atoms with Crippen LogP contribution in [0.25, 0.3) is 11.4 Å². The van der Waals surface area contributed by atoms with Crippen molar-refractivity contribution in [2.45, 2.75) is 34.1 Å². The van der Waals surface area contributed by atoms with Gasteiger partial charge in [-0.25, -0.2) is 9.97 Å². The third-order valence-corrected chi connectivity index (χ3v) is 4.60. The van der Waals surface area contributed by atoms with Gasteiger partial charge in [0.25, 0.3) is 0 Å². The molecule has 0 aliphatic rings. The molecule has 0 aliphatic heterocycles. The van der Waals surface area contributed by atoms with E-state index in [0.717, 1.165) is 33.8 Å². The minimum atomic E-state index is 0.575. The molecule has 1 aromatic carbocycles. The van der Waals surface area contributed by atoms with Crippen LogP contribution in [0.2, 0.25) is 0 Å². The molecule has 4 heteroatoms. The molecule has 0 saturated heterocycles. The number of hydrogen-bond acceptors (Lipinski definition) is 3. The van der Waals surface area contributed by atoms with Crippen LogP contribution in [0.4, 0.5) is 5.82 Å². The fourth-order valence-electron chi connectivity index (χ4n) is 2.35. The number of anilines is 1. The third-order valence-electron chi connectivity index (χ3n) is 3.35. The van der Waals surface area contributed by atoms with Crippen LogP contribution in [-0.2, 0) is 6.42 Å². The van der Waals surface area contributed by atoms with Crippen LogP contribution in [-0.4, -0.2) is 17.0 Å². The molecule has 0 spiro atoms. The second-order valence-corrected chi connectivity index (χ2v) is 6.63. The number of benzene rings is 1. The summed E-state index contributed by atoms with van der Waals surface area (Å²) in [5.41, 5.74) is 4.55. The summed E-state index contributed by atoms with van der Waals surface area (Å²) in [6.07, 6.45) is 0.957. The molecule has 0 amide bonds. The topological polar surface area (TPSA) is 37.8 Å². The van der Waals surface area contributed by atoms with Crippen molar-refractivity contribution in [2.24, 2.45) is 5.92 Å². The van der Waals surface area contributed by atoms with E-state index >= 15 is 0 Å². The standard InChI is InChI=1S/C17H22BrN3/c1-10(2)6-14-9-15(19-5)21-17(20-14)13-7-11(3)16(18)12(4)8-13/h7-10H,6H2,1-5H3,(H,19,20,21). The van der Waals surface area contributed by atoms with Crippen LogP contribution in [0.15, 0.2) is 22.7 Å². The number of aryl methyl sites for hydroxylation is 2. The van der Waals surface area contributed by atoms with Crippen molar-refractivity contribution in [3.63, 3.8) is 0 Å². The molecule has 1 N–H and O–H groups in total. The maximum atomic E-state index is 4.74. The van der Waals surface area contributed by atoms with E-state index in [0.29, 0.717) is 5.92 Å². The Labute approximate surface area is 135 Å². The normalized spacial score (nSPS) is 11.0. The number of nitrogens with zero attached hydrogens (tertiary/aromatic N) is 2. The molecule has 3 nitrogen and oxygen atoms in total. The summed E-state index contributed by atoms with van der Waals surface area (Å²) in [6.45, 7) is 8.60. The Balaban J connectivity index is 2.52.